The minimum absolute atomic E-state index is 0.0367. The van der Waals surface area contributed by atoms with E-state index >= 15 is 0 Å². The first-order valence-corrected chi connectivity index (χ1v) is 6.42. The fraction of sp³-hybridized carbons (Fsp3) is 0.556. The lowest BCUT2D eigenvalue weighted by molar-refractivity contribution is 0.346. The van der Waals surface area contributed by atoms with Gasteiger partial charge >= 0.3 is 0 Å². The van der Waals surface area contributed by atoms with E-state index in [0.717, 1.165) is 5.33 Å². The second kappa shape index (κ2) is 4.74. The van der Waals surface area contributed by atoms with E-state index in [1.165, 1.54) is 0 Å². The van der Waals surface area contributed by atoms with Crippen LogP contribution in [0.2, 0.25) is 0 Å². The van der Waals surface area contributed by atoms with Crippen LogP contribution in [-0.4, -0.2) is 14.9 Å². The van der Waals surface area contributed by atoms with E-state index in [1.54, 1.807) is 17.1 Å². The number of halogens is 2. The topological polar surface area (TPSA) is 34.9 Å². The van der Waals surface area contributed by atoms with Crippen LogP contribution in [0.4, 0.5) is 0 Å². The molecule has 0 spiro atoms. The van der Waals surface area contributed by atoms with Crippen molar-refractivity contribution in [1.82, 2.24) is 9.55 Å². The largest absolute Gasteiger partial charge is 0.298 e. The zero-order chi connectivity index (χ0) is 10.8. The molecule has 0 saturated carbocycles. The van der Waals surface area contributed by atoms with Gasteiger partial charge in [-0.25, -0.2) is 4.98 Å². The Balaban J connectivity index is 2.99. The van der Waals surface area contributed by atoms with E-state index in [-0.39, 0.29) is 11.0 Å². The lowest BCUT2D eigenvalue weighted by Gasteiger charge is -2.22. The van der Waals surface area contributed by atoms with Gasteiger partial charge in [0.1, 0.15) is 0 Å². The van der Waals surface area contributed by atoms with E-state index in [2.05, 4.69) is 34.8 Å². The Bertz CT molecular complexity index is 375. The van der Waals surface area contributed by atoms with Gasteiger partial charge < -0.3 is 0 Å². The Morgan fingerprint density at radius 2 is 2.29 bits per heavy atom. The minimum Gasteiger partial charge on any atom is -0.298 e. The average molecular weight is 371 g/mol. The van der Waals surface area contributed by atoms with E-state index in [9.17, 15) is 4.79 Å². The molecule has 78 valence electrons. The molecule has 14 heavy (non-hydrogen) atoms. The molecule has 1 aromatic heterocycles. The Labute approximate surface area is 105 Å². The van der Waals surface area contributed by atoms with E-state index in [1.807, 2.05) is 22.6 Å². The molecule has 1 heterocycles. The van der Waals surface area contributed by atoms with Crippen LogP contribution in [0.1, 0.15) is 13.8 Å². The Kier molecular flexibility index (Phi) is 4.12. The van der Waals surface area contributed by atoms with Gasteiger partial charge in [0.25, 0.3) is 5.56 Å². The number of rotatable bonds is 3. The molecular weight excluding hydrogens is 359 g/mol. The van der Waals surface area contributed by atoms with Crippen LogP contribution in [0.3, 0.4) is 0 Å². The predicted octanol–water partition coefficient (Wildman–Crippen LogP) is 2.27. The highest BCUT2D eigenvalue weighted by Gasteiger charge is 2.17. The van der Waals surface area contributed by atoms with E-state index in [4.69, 9.17) is 0 Å². The summed E-state index contributed by atoms with van der Waals surface area (Å²) in [4.78, 5) is 15.7. The quantitative estimate of drug-likeness (QED) is 0.604. The first-order valence-electron chi connectivity index (χ1n) is 4.22. The highest BCUT2D eigenvalue weighted by atomic mass is 127. The molecule has 0 N–H and O–H groups in total. The van der Waals surface area contributed by atoms with Crippen LogP contribution >= 0.6 is 38.5 Å². The molecule has 0 atom stereocenters. The summed E-state index contributed by atoms with van der Waals surface area (Å²) < 4.78 is 2.32. The zero-order valence-corrected chi connectivity index (χ0v) is 11.9. The Morgan fingerprint density at radius 1 is 1.64 bits per heavy atom. The minimum atomic E-state index is 0.0367. The number of alkyl halides is 1. The molecule has 0 aliphatic carbocycles. The molecule has 0 aliphatic heterocycles. The van der Waals surface area contributed by atoms with Crippen molar-refractivity contribution in [1.29, 1.82) is 0 Å². The maximum atomic E-state index is 11.7. The van der Waals surface area contributed by atoms with Gasteiger partial charge in [-0.2, -0.15) is 0 Å². The second-order valence-corrected chi connectivity index (χ2v) is 5.70. The van der Waals surface area contributed by atoms with Gasteiger partial charge in [-0.3, -0.25) is 9.36 Å². The van der Waals surface area contributed by atoms with E-state index < -0.39 is 0 Å². The van der Waals surface area contributed by atoms with Crippen molar-refractivity contribution in [2.24, 2.45) is 5.41 Å². The predicted molar refractivity (Wildman–Crippen MR) is 68.8 cm³/mol. The first kappa shape index (κ1) is 12.2. The van der Waals surface area contributed by atoms with Crippen LogP contribution in [0, 0.1) is 8.99 Å². The monoisotopic (exact) mass is 370 g/mol. The summed E-state index contributed by atoms with van der Waals surface area (Å²) in [6, 6.07) is 0. The van der Waals surface area contributed by atoms with Crippen LogP contribution in [-0.2, 0) is 6.54 Å². The van der Waals surface area contributed by atoms with Crippen LogP contribution < -0.4 is 5.56 Å². The second-order valence-electron chi connectivity index (χ2n) is 3.97. The molecule has 0 bridgehead atoms. The Morgan fingerprint density at radius 3 is 2.86 bits per heavy atom. The van der Waals surface area contributed by atoms with E-state index in [0.29, 0.717) is 10.1 Å². The molecule has 0 radical (unpaired) electrons. The van der Waals surface area contributed by atoms with Crippen molar-refractivity contribution in [3.05, 3.63) is 26.4 Å². The van der Waals surface area contributed by atoms with Crippen molar-refractivity contribution in [2.45, 2.75) is 20.4 Å². The third kappa shape index (κ3) is 3.05. The third-order valence-corrected chi connectivity index (χ3v) is 4.08. The van der Waals surface area contributed by atoms with Crippen molar-refractivity contribution in [3.8, 4) is 0 Å². The normalized spacial score (nSPS) is 11.7. The molecule has 0 aliphatic rings. The summed E-state index contributed by atoms with van der Waals surface area (Å²) in [5.41, 5.74) is 0.102. The molecule has 0 amide bonds. The number of hydrogen-bond acceptors (Lipinski definition) is 2. The maximum Gasteiger partial charge on any atom is 0.266 e. The number of nitrogens with zero attached hydrogens (tertiary/aromatic N) is 2. The zero-order valence-electron chi connectivity index (χ0n) is 8.13. The van der Waals surface area contributed by atoms with Crippen molar-refractivity contribution in [3.63, 3.8) is 0 Å². The SMILES string of the molecule is CC(C)(CBr)Cn1cncc(I)c1=O. The fourth-order valence-corrected chi connectivity index (χ4v) is 1.69. The van der Waals surface area contributed by atoms with Crippen LogP contribution in [0.15, 0.2) is 17.3 Å². The van der Waals surface area contributed by atoms with Crippen LogP contribution in [0.5, 0.6) is 0 Å². The van der Waals surface area contributed by atoms with Gasteiger partial charge in [0.15, 0.2) is 0 Å². The summed E-state index contributed by atoms with van der Waals surface area (Å²) in [6.07, 6.45) is 3.18. The molecular formula is C9H12BrIN2O. The molecule has 0 saturated heterocycles. The highest BCUT2D eigenvalue weighted by molar-refractivity contribution is 14.1. The number of aromatic nitrogens is 2. The molecule has 0 aromatic carbocycles. The average Bonchev–Trinajstić information content (AvgIpc) is 2.13. The maximum absolute atomic E-state index is 11.7. The molecule has 3 nitrogen and oxygen atoms in total. The van der Waals surface area contributed by atoms with Gasteiger partial charge in [0.2, 0.25) is 0 Å². The van der Waals surface area contributed by atoms with Crippen molar-refractivity contribution < 1.29 is 0 Å². The molecule has 0 unspecified atom stereocenters. The molecule has 1 aromatic rings. The van der Waals surface area contributed by atoms with Gasteiger partial charge in [-0.15, -0.1) is 0 Å². The van der Waals surface area contributed by atoms with Crippen LogP contribution in [0.25, 0.3) is 0 Å². The van der Waals surface area contributed by atoms with Gasteiger partial charge in [0, 0.05) is 18.1 Å². The van der Waals surface area contributed by atoms with Gasteiger partial charge in [-0.1, -0.05) is 29.8 Å². The van der Waals surface area contributed by atoms with Crippen molar-refractivity contribution >= 4 is 38.5 Å². The number of hydrogen-bond donors (Lipinski definition) is 0. The summed E-state index contributed by atoms with van der Waals surface area (Å²) in [6.45, 7) is 4.89. The lowest BCUT2D eigenvalue weighted by Crippen LogP contribution is -2.30. The third-order valence-electron chi connectivity index (χ3n) is 1.82. The first-order chi connectivity index (χ1) is 6.46. The van der Waals surface area contributed by atoms with Gasteiger partial charge in [-0.05, 0) is 28.0 Å². The Hall–Kier alpha value is 0.0900. The fourth-order valence-electron chi connectivity index (χ4n) is 1.04. The van der Waals surface area contributed by atoms with Crippen molar-refractivity contribution in [2.75, 3.05) is 5.33 Å². The summed E-state index contributed by atoms with van der Waals surface area (Å²) in [5.74, 6) is 0. The lowest BCUT2D eigenvalue weighted by atomic mass is 9.97. The standard InChI is InChI=1S/C9H12BrIN2O/c1-9(2,4-10)5-13-6-12-3-7(11)8(13)14/h3,6H,4-5H2,1-2H3. The molecule has 5 heteroatoms. The smallest absolute Gasteiger partial charge is 0.266 e. The van der Waals surface area contributed by atoms with Gasteiger partial charge in [0.05, 0.1) is 9.90 Å². The molecule has 0 fully saturated rings. The highest BCUT2D eigenvalue weighted by Crippen LogP contribution is 2.19. The summed E-state index contributed by atoms with van der Waals surface area (Å²) >= 11 is 5.44. The summed E-state index contributed by atoms with van der Waals surface area (Å²) in [7, 11) is 0. The summed E-state index contributed by atoms with van der Waals surface area (Å²) in [5, 5.41) is 0.859. The molecule has 1 rings (SSSR count).